The second kappa shape index (κ2) is 4.41. The van der Waals surface area contributed by atoms with Gasteiger partial charge in [-0.1, -0.05) is 24.3 Å². The summed E-state index contributed by atoms with van der Waals surface area (Å²) >= 11 is 1.57. The molecule has 0 bridgehead atoms. The average Bonchev–Trinajstić information content (AvgIpc) is 2.69. The van der Waals surface area contributed by atoms with E-state index in [1.54, 1.807) is 17.4 Å². The van der Waals surface area contributed by atoms with Crippen molar-refractivity contribution in [3.8, 4) is 0 Å². The van der Waals surface area contributed by atoms with Crippen molar-refractivity contribution in [1.29, 1.82) is 0 Å². The quantitative estimate of drug-likeness (QED) is 0.556. The highest BCUT2D eigenvalue weighted by atomic mass is 32.1. The van der Waals surface area contributed by atoms with Crippen LogP contribution in [0.4, 0.5) is 0 Å². The molecule has 0 aliphatic carbocycles. The van der Waals surface area contributed by atoms with E-state index in [9.17, 15) is 4.79 Å². The number of benzene rings is 1. The second-order valence-electron chi connectivity index (χ2n) is 3.40. The van der Waals surface area contributed by atoms with Crippen molar-refractivity contribution in [1.82, 2.24) is 0 Å². The molecule has 0 amide bonds. The van der Waals surface area contributed by atoms with Gasteiger partial charge in [-0.3, -0.25) is 4.79 Å². The van der Waals surface area contributed by atoms with Crippen molar-refractivity contribution in [2.45, 2.75) is 12.8 Å². The standard InChI is InChI=1S/C13H12OS/c1-2-3-7-11(14)13-9-10-6-4-5-8-12(10)15-13/h2,4-6,8-9H,1,3,7H2. The highest BCUT2D eigenvalue weighted by Gasteiger charge is 2.08. The van der Waals surface area contributed by atoms with Crippen molar-refractivity contribution in [2.24, 2.45) is 0 Å². The predicted octanol–water partition coefficient (Wildman–Crippen LogP) is 4.05. The Kier molecular flexibility index (Phi) is 2.97. The number of hydrogen-bond donors (Lipinski definition) is 0. The van der Waals surface area contributed by atoms with Gasteiger partial charge in [0, 0.05) is 11.1 Å². The van der Waals surface area contributed by atoms with Crippen LogP contribution in [0.3, 0.4) is 0 Å². The molecule has 1 heterocycles. The lowest BCUT2D eigenvalue weighted by Gasteiger charge is -1.91. The lowest BCUT2D eigenvalue weighted by atomic mass is 10.2. The van der Waals surface area contributed by atoms with E-state index in [4.69, 9.17) is 0 Å². The lowest BCUT2D eigenvalue weighted by Crippen LogP contribution is -1.93. The first kappa shape index (κ1) is 10.1. The summed E-state index contributed by atoms with van der Waals surface area (Å²) < 4.78 is 1.18. The molecule has 2 heteroatoms. The third-order valence-corrected chi connectivity index (χ3v) is 3.43. The van der Waals surface area contributed by atoms with Crippen LogP contribution >= 0.6 is 11.3 Å². The molecule has 1 aromatic carbocycles. The Labute approximate surface area is 93.1 Å². The number of rotatable bonds is 4. The number of allylic oxidation sites excluding steroid dienone is 1. The molecule has 0 N–H and O–H groups in total. The molecule has 0 unspecified atom stereocenters. The van der Waals surface area contributed by atoms with E-state index in [-0.39, 0.29) is 5.78 Å². The van der Waals surface area contributed by atoms with Crippen LogP contribution in [0.25, 0.3) is 10.1 Å². The maximum absolute atomic E-state index is 11.7. The Hall–Kier alpha value is -1.41. The fourth-order valence-electron chi connectivity index (χ4n) is 1.48. The van der Waals surface area contributed by atoms with Crippen LogP contribution < -0.4 is 0 Å². The molecule has 2 rings (SSSR count). The van der Waals surface area contributed by atoms with E-state index >= 15 is 0 Å². The van der Waals surface area contributed by atoms with Crippen molar-refractivity contribution < 1.29 is 4.79 Å². The van der Waals surface area contributed by atoms with Crippen molar-refractivity contribution in [2.75, 3.05) is 0 Å². The molecule has 2 aromatic rings. The largest absolute Gasteiger partial charge is 0.293 e. The molecule has 76 valence electrons. The summed E-state index contributed by atoms with van der Waals surface area (Å²) in [6.45, 7) is 3.62. The first-order valence-electron chi connectivity index (χ1n) is 4.94. The summed E-state index contributed by atoms with van der Waals surface area (Å²) in [5.74, 6) is 0.219. The fourth-order valence-corrected chi connectivity index (χ4v) is 2.51. The highest BCUT2D eigenvalue weighted by Crippen LogP contribution is 2.26. The van der Waals surface area contributed by atoms with Gasteiger partial charge in [0.15, 0.2) is 5.78 Å². The number of carbonyl (C=O) groups excluding carboxylic acids is 1. The zero-order chi connectivity index (χ0) is 10.7. The second-order valence-corrected chi connectivity index (χ2v) is 4.48. The van der Waals surface area contributed by atoms with Crippen LogP contribution in [-0.2, 0) is 0 Å². The molecule has 0 fully saturated rings. The minimum atomic E-state index is 0.219. The van der Waals surface area contributed by atoms with E-state index in [1.165, 1.54) is 4.70 Å². The van der Waals surface area contributed by atoms with E-state index in [1.807, 2.05) is 30.3 Å². The van der Waals surface area contributed by atoms with Crippen LogP contribution in [0, 0.1) is 0 Å². The summed E-state index contributed by atoms with van der Waals surface area (Å²) in [7, 11) is 0. The molecule has 1 aromatic heterocycles. The van der Waals surface area contributed by atoms with Crippen LogP contribution in [-0.4, -0.2) is 5.78 Å². The van der Waals surface area contributed by atoms with Gasteiger partial charge in [0.05, 0.1) is 4.88 Å². The molecule has 0 radical (unpaired) electrons. The highest BCUT2D eigenvalue weighted by molar-refractivity contribution is 7.20. The van der Waals surface area contributed by atoms with Crippen LogP contribution in [0.2, 0.25) is 0 Å². The van der Waals surface area contributed by atoms with Gasteiger partial charge < -0.3 is 0 Å². The molecule has 0 aliphatic heterocycles. The van der Waals surface area contributed by atoms with E-state index in [0.29, 0.717) is 6.42 Å². The van der Waals surface area contributed by atoms with Gasteiger partial charge in [-0.15, -0.1) is 17.9 Å². The Morgan fingerprint density at radius 1 is 1.40 bits per heavy atom. The summed E-state index contributed by atoms with van der Waals surface area (Å²) in [5.41, 5.74) is 0. The molecular weight excluding hydrogens is 204 g/mol. The zero-order valence-electron chi connectivity index (χ0n) is 8.40. The number of carbonyl (C=O) groups is 1. The average molecular weight is 216 g/mol. The maximum atomic E-state index is 11.7. The molecule has 15 heavy (non-hydrogen) atoms. The van der Waals surface area contributed by atoms with Gasteiger partial charge in [0.1, 0.15) is 0 Å². The molecule has 0 spiro atoms. The predicted molar refractivity (Wildman–Crippen MR) is 65.6 cm³/mol. The van der Waals surface area contributed by atoms with Gasteiger partial charge in [-0.05, 0) is 23.9 Å². The number of ketones is 1. The molecular formula is C13H12OS. The number of hydrogen-bond acceptors (Lipinski definition) is 2. The van der Waals surface area contributed by atoms with Gasteiger partial charge in [-0.2, -0.15) is 0 Å². The Bertz CT molecular complexity index is 463. The van der Waals surface area contributed by atoms with Gasteiger partial charge in [-0.25, -0.2) is 0 Å². The van der Waals surface area contributed by atoms with Gasteiger partial charge in [0.25, 0.3) is 0 Å². The molecule has 0 aliphatic rings. The fraction of sp³-hybridized carbons (Fsp3) is 0.154. The molecule has 1 nitrogen and oxygen atoms in total. The molecule has 0 saturated carbocycles. The number of fused-ring (bicyclic) bond motifs is 1. The van der Waals surface area contributed by atoms with Crippen LogP contribution in [0.5, 0.6) is 0 Å². The Morgan fingerprint density at radius 3 is 2.93 bits per heavy atom. The Balaban J connectivity index is 2.28. The third-order valence-electron chi connectivity index (χ3n) is 2.28. The first-order valence-corrected chi connectivity index (χ1v) is 5.75. The summed E-state index contributed by atoms with van der Waals surface area (Å²) in [6.07, 6.45) is 3.11. The topological polar surface area (TPSA) is 17.1 Å². The normalized spacial score (nSPS) is 10.4. The third kappa shape index (κ3) is 2.16. The zero-order valence-corrected chi connectivity index (χ0v) is 9.22. The van der Waals surface area contributed by atoms with E-state index in [2.05, 4.69) is 6.58 Å². The maximum Gasteiger partial charge on any atom is 0.173 e. The molecule has 0 saturated heterocycles. The smallest absolute Gasteiger partial charge is 0.173 e. The van der Waals surface area contributed by atoms with Crippen molar-refractivity contribution in [3.63, 3.8) is 0 Å². The first-order chi connectivity index (χ1) is 7.31. The van der Waals surface area contributed by atoms with Crippen molar-refractivity contribution >= 4 is 27.2 Å². The van der Waals surface area contributed by atoms with Gasteiger partial charge >= 0.3 is 0 Å². The SMILES string of the molecule is C=CCCC(=O)c1cc2ccccc2s1. The van der Waals surface area contributed by atoms with E-state index < -0.39 is 0 Å². The van der Waals surface area contributed by atoms with E-state index in [0.717, 1.165) is 16.7 Å². The minimum Gasteiger partial charge on any atom is -0.293 e. The monoisotopic (exact) mass is 216 g/mol. The summed E-state index contributed by atoms with van der Waals surface area (Å²) in [5, 5.41) is 1.16. The van der Waals surface area contributed by atoms with Crippen LogP contribution in [0.15, 0.2) is 43.0 Å². The minimum absolute atomic E-state index is 0.219. The Morgan fingerprint density at radius 2 is 2.20 bits per heavy atom. The van der Waals surface area contributed by atoms with Crippen molar-refractivity contribution in [3.05, 3.63) is 47.9 Å². The number of thiophene rings is 1. The molecule has 0 atom stereocenters. The van der Waals surface area contributed by atoms with Crippen LogP contribution in [0.1, 0.15) is 22.5 Å². The van der Waals surface area contributed by atoms with Gasteiger partial charge in [0.2, 0.25) is 0 Å². The summed E-state index contributed by atoms with van der Waals surface area (Å²) in [6, 6.07) is 10.1. The summed E-state index contributed by atoms with van der Waals surface area (Å²) in [4.78, 5) is 12.6. The number of Topliss-reactive ketones (excluding diaryl/α,β-unsaturated/α-hetero) is 1. The lowest BCUT2D eigenvalue weighted by molar-refractivity contribution is 0.0987.